The molecule has 0 saturated carbocycles. The zero-order valence-corrected chi connectivity index (χ0v) is 8.67. The number of hydrogen-bond acceptors (Lipinski definition) is 4. The van der Waals surface area contributed by atoms with E-state index in [2.05, 4.69) is 10.3 Å². The van der Waals surface area contributed by atoms with Gasteiger partial charge in [-0.05, 0) is 19.1 Å². The van der Waals surface area contributed by atoms with E-state index in [-0.39, 0.29) is 17.8 Å². The van der Waals surface area contributed by atoms with E-state index in [1.54, 1.807) is 0 Å². The van der Waals surface area contributed by atoms with Crippen LogP contribution in [0.1, 0.15) is 27.8 Å². The highest BCUT2D eigenvalue weighted by molar-refractivity contribution is 6.03. The number of carboxylic acid groups (broad SMARTS) is 1. The lowest BCUT2D eigenvalue weighted by molar-refractivity contribution is 0.0689. The standard InChI is InChI=1S/C10H12N2O4/c1-6(13)5-12-9(14)8-7(10(15)16)3-2-4-11-8/h2-4,6,13H,5H2,1H3,(H,12,14)(H,15,16). The highest BCUT2D eigenvalue weighted by atomic mass is 16.4. The first-order valence-electron chi connectivity index (χ1n) is 4.67. The monoisotopic (exact) mass is 224 g/mol. The molecule has 1 aromatic heterocycles. The lowest BCUT2D eigenvalue weighted by atomic mass is 10.2. The van der Waals surface area contributed by atoms with Crippen LogP contribution in [0, 0.1) is 0 Å². The van der Waals surface area contributed by atoms with Crippen molar-refractivity contribution in [2.24, 2.45) is 0 Å². The molecule has 1 atom stereocenters. The Kier molecular flexibility index (Phi) is 3.96. The number of aliphatic hydroxyl groups excluding tert-OH is 1. The zero-order chi connectivity index (χ0) is 12.1. The van der Waals surface area contributed by atoms with Gasteiger partial charge in [0.1, 0.15) is 5.69 Å². The maximum absolute atomic E-state index is 11.5. The molecule has 0 aliphatic carbocycles. The van der Waals surface area contributed by atoms with Crippen molar-refractivity contribution in [2.75, 3.05) is 6.54 Å². The van der Waals surface area contributed by atoms with E-state index in [9.17, 15) is 9.59 Å². The van der Waals surface area contributed by atoms with Crippen molar-refractivity contribution in [3.05, 3.63) is 29.6 Å². The van der Waals surface area contributed by atoms with Crippen LogP contribution in [-0.4, -0.2) is 39.7 Å². The lowest BCUT2D eigenvalue weighted by Gasteiger charge is -2.07. The summed E-state index contributed by atoms with van der Waals surface area (Å²) in [4.78, 5) is 26.0. The van der Waals surface area contributed by atoms with Crippen LogP contribution in [0.3, 0.4) is 0 Å². The minimum atomic E-state index is -1.21. The number of amides is 1. The van der Waals surface area contributed by atoms with Crippen LogP contribution >= 0.6 is 0 Å². The van der Waals surface area contributed by atoms with Crippen molar-refractivity contribution in [1.29, 1.82) is 0 Å². The van der Waals surface area contributed by atoms with E-state index in [4.69, 9.17) is 10.2 Å². The summed E-state index contributed by atoms with van der Waals surface area (Å²) in [6, 6.07) is 2.74. The van der Waals surface area contributed by atoms with Gasteiger partial charge in [-0.3, -0.25) is 9.78 Å². The lowest BCUT2D eigenvalue weighted by Crippen LogP contribution is -2.32. The predicted molar refractivity (Wildman–Crippen MR) is 55.2 cm³/mol. The van der Waals surface area contributed by atoms with Gasteiger partial charge in [-0.25, -0.2) is 4.79 Å². The average Bonchev–Trinajstić information content (AvgIpc) is 2.25. The third-order valence-corrected chi connectivity index (χ3v) is 1.81. The van der Waals surface area contributed by atoms with Gasteiger partial charge in [-0.1, -0.05) is 0 Å². The Morgan fingerprint density at radius 2 is 2.25 bits per heavy atom. The molecule has 6 nitrogen and oxygen atoms in total. The van der Waals surface area contributed by atoms with Gasteiger partial charge in [0.25, 0.3) is 5.91 Å². The average molecular weight is 224 g/mol. The Morgan fingerprint density at radius 3 is 2.81 bits per heavy atom. The minimum Gasteiger partial charge on any atom is -0.478 e. The molecule has 0 bridgehead atoms. The van der Waals surface area contributed by atoms with E-state index in [1.165, 1.54) is 25.3 Å². The molecule has 1 heterocycles. The molecule has 0 aliphatic rings. The van der Waals surface area contributed by atoms with Gasteiger partial charge < -0.3 is 15.5 Å². The predicted octanol–water partition coefficient (Wildman–Crippen LogP) is -0.110. The number of aromatic nitrogens is 1. The molecular formula is C10H12N2O4. The van der Waals surface area contributed by atoms with Crippen LogP contribution in [0.4, 0.5) is 0 Å². The fourth-order valence-electron chi connectivity index (χ4n) is 1.08. The van der Waals surface area contributed by atoms with E-state index in [0.29, 0.717) is 0 Å². The largest absolute Gasteiger partial charge is 0.478 e. The Labute approximate surface area is 91.9 Å². The van der Waals surface area contributed by atoms with Crippen LogP contribution in [-0.2, 0) is 0 Å². The summed E-state index contributed by atoms with van der Waals surface area (Å²) in [5.74, 6) is -1.82. The second kappa shape index (κ2) is 5.22. The van der Waals surface area contributed by atoms with E-state index in [1.807, 2.05) is 0 Å². The number of pyridine rings is 1. The highest BCUT2D eigenvalue weighted by Gasteiger charge is 2.17. The number of carboxylic acids is 1. The van der Waals surface area contributed by atoms with Crippen LogP contribution in [0.15, 0.2) is 18.3 Å². The molecule has 1 rings (SSSR count). The second-order valence-electron chi connectivity index (χ2n) is 3.26. The molecule has 1 aromatic rings. The third-order valence-electron chi connectivity index (χ3n) is 1.81. The van der Waals surface area contributed by atoms with Crippen LogP contribution in [0.25, 0.3) is 0 Å². The van der Waals surface area contributed by atoms with Gasteiger partial charge in [0.2, 0.25) is 0 Å². The first-order valence-corrected chi connectivity index (χ1v) is 4.67. The topological polar surface area (TPSA) is 99.5 Å². The van der Waals surface area contributed by atoms with E-state index < -0.39 is 18.0 Å². The van der Waals surface area contributed by atoms with Gasteiger partial charge in [-0.15, -0.1) is 0 Å². The summed E-state index contributed by atoms with van der Waals surface area (Å²) in [7, 11) is 0. The van der Waals surface area contributed by atoms with E-state index in [0.717, 1.165) is 0 Å². The van der Waals surface area contributed by atoms with E-state index >= 15 is 0 Å². The number of rotatable bonds is 4. The van der Waals surface area contributed by atoms with Crippen molar-refractivity contribution >= 4 is 11.9 Å². The number of nitrogens with zero attached hydrogens (tertiary/aromatic N) is 1. The smallest absolute Gasteiger partial charge is 0.338 e. The normalized spacial score (nSPS) is 11.9. The molecule has 0 aliphatic heterocycles. The van der Waals surface area contributed by atoms with Crippen LogP contribution < -0.4 is 5.32 Å². The molecule has 0 spiro atoms. The summed E-state index contributed by atoms with van der Waals surface area (Å²) in [6.45, 7) is 1.56. The summed E-state index contributed by atoms with van der Waals surface area (Å²) < 4.78 is 0. The van der Waals surface area contributed by atoms with Crippen molar-refractivity contribution < 1.29 is 19.8 Å². The summed E-state index contributed by atoms with van der Waals surface area (Å²) in [5.41, 5.74) is -0.318. The minimum absolute atomic E-state index is 0.0501. The summed E-state index contributed by atoms with van der Waals surface area (Å²) in [5, 5.41) is 20.2. The molecule has 0 radical (unpaired) electrons. The van der Waals surface area contributed by atoms with Gasteiger partial charge in [0.15, 0.2) is 0 Å². The molecule has 0 saturated heterocycles. The molecule has 86 valence electrons. The van der Waals surface area contributed by atoms with Crippen molar-refractivity contribution in [1.82, 2.24) is 10.3 Å². The number of carbonyl (C=O) groups excluding carboxylic acids is 1. The van der Waals surface area contributed by atoms with Gasteiger partial charge in [0.05, 0.1) is 11.7 Å². The van der Waals surface area contributed by atoms with Gasteiger partial charge in [-0.2, -0.15) is 0 Å². The molecule has 0 aromatic carbocycles. The number of nitrogens with one attached hydrogen (secondary N) is 1. The quantitative estimate of drug-likeness (QED) is 0.662. The number of aromatic carboxylic acids is 1. The molecule has 6 heteroatoms. The zero-order valence-electron chi connectivity index (χ0n) is 8.67. The maximum atomic E-state index is 11.5. The third kappa shape index (κ3) is 3.03. The van der Waals surface area contributed by atoms with Crippen LogP contribution in [0.2, 0.25) is 0 Å². The van der Waals surface area contributed by atoms with Crippen LogP contribution in [0.5, 0.6) is 0 Å². The SMILES string of the molecule is CC(O)CNC(=O)c1ncccc1C(=O)O. The number of hydrogen-bond donors (Lipinski definition) is 3. The van der Waals surface area contributed by atoms with Gasteiger partial charge >= 0.3 is 5.97 Å². The molecule has 16 heavy (non-hydrogen) atoms. The molecular weight excluding hydrogens is 212 g/mol. The first-order chi connectivity index (χ1) is 7.52. The fraction of sp³-hybridized carbons (Fsp3) is 0.300. The Hall–Kier alpha value is -1.95. The van der Waals surface area contributed by atoms with Crippen molar-refractivity contribution in [3.8, 4) is 0 Å². The fourth-order valence-corrected chi connectivity index (χ4v) is 1.08. The Morgan fingerprint density at radius 1 is 1.56 bits per heavy atom. The summed E-state index contributed by atoms with van der Waals surface area (Å²) >= 11 is 0. The number of aliphatic hydroxyl groups is 1. The molecule has 0 fully saturated rings. The second-order valence-corrected chi connectivity index (χ2v) is 3.26. The number of carbonyl (C=O) groups is 2. The first kappa shape index (κ1) is 12.1. The Bertz CT molecular complexity index is 404. The Balaban J connectivity index is 2.86. The summed E-state index contributed by atoms with van der Waals surface area (Å²) in [6.07, 6.45) is 0.643. The maximum Gasteiger partial charge on any atom is 0.338 e. The molecule has 3 N–H and O–H groups in total. The van der Waals surface area contributed by atoms with Gasteiger partial charge in [0, 0.05) is 12.7 Å². The van der Waals surface area contributed by atoms with Crippen molar-refractivity contribution in [2.45, 2.75) is 13.0 Å². The highest BCUT2D eigenvalue weighted by Crippen LogP contribution is 2.04. The van der Waals surface area contributed by atoms with Crippen molar-refractivity contribution in [3.63, 3.8) is 0 Å². The molecule has 1 amide bonds. The molecule has 1 unspecified atom stereocenters.